The highest BCUT2D eigenvalue weighted by atomic mass is 32.1. The summed E-state index contributed by atoms with van der Waals surface area (Å²) in [5.41, 5.74) is 2.95. The van der Waals surface area contributed by atoms with Gasteiger partial charge in [-0.05, 0) is 42.4 Å². The van der Waals surface area contributed by atoms with Crippen LogP contribution in [0.2, 0.25) is 0 Å². The lowest BCUT2D eigenvalue weighted by Gasteiger charge is -2.03. The smallest absolute Gasteiger partial charge is 0.183 e. The van der Waals surface area contributed by atoms with Crippen molar-refractivity contribution in [1.29, 1.82) is 0 Å². The summed E-state index contributed by atoms with van der Waals surface area (Å²) in [7, 11) is 0. The first-order valence-electron chi connectivity index (χ1n) is 6.16. The Labute approximate surface area is 106 Å². The molecule has 3 rings (SSSR count). The van der Waals surface area contributed by atoms with Crippen molar-refractivity contribution in [2.75, 3.05) is 11.9 Å². The second-order valence-corrected chi connectivity index (χ2v) is 6.79. The van der Waals surface area contributed by atoms with Gasteiger partial charge in [0.1, 0.15) is 0 Å². The van der Waals surface area contributed by atoms with Crippen molar-refractivity contribution < 1.29 is 0 Å². The molecular weight excluding hydrogens is 228 g/mol. The molecule has 3 heteroatoms. The summed E-state index contributed by atoms with van der Waals surface area (Å²) in [4.78, 5) is 4.61. The molecule has 0 saturated heterocycles. The molecule has 1 N–H and O–H groups in total. The van der Waals surface area contributed by atoms with E-state index >= 15 is 0 Å². The average Bonchev–Trinajstić information content (AvgIpc) is 2.71. The first-order chi connectivity index (χ1) is 8.04. The fourth-order valence-electron chi connectivity index (χ4n) is 2.24. The van der Waals surface area contributed by atoms with Gasteiger partial charge < -0.3 is 5.32 Å². The fraction of sp³-hybridized carbons (Fsp3) is 0.500. The predicted molar refractivity (Wildman–Crippen MR) is 74.7 cm³/mol. The standard InChI is InChI=1S/C14H18N2S/c1-9-4-5-11-12(6-9)17-13(16-11)15-8-10-7-14(10,2)3/h4-6,10H,7-8H2,1-3H3,(H,15,16). The molecule has 1 saturated carbocycles. The third-order valence-electron chi connectivity index (χ3n) is 3.76. The van der Waals surface area contributed by atoms with Crippen LogP contribution in [0.1, 0.15) is 25.8 Å². The second-order valence-electron chi connectivity index (χ2n) is 5.76. The lowest BCUT2D eigenvalue weighted by Crippen LogP contribution is -2.06. The van der Waals surface area contributed by atoms with E-state index in [9.17, 15) is 0 Å². The van der Waals surface area contributed by atoms with Crippen LogP contribution in [-0.2, 0) is 0 Å². The molecule has 0 spiro atoms. The van der Waals surface area contributed by atoms with E-state index in [1.807, 2.05) is 0 Å². The van der Waals surface area contributed by atoms with Gasteiger partial charge in [0.2, 0.25) is 0 Å². The zero-order valence-corrected chi connectivity index (χ0v) is 11.4. The number of aromatic nitrogens is 1. The molecule has 0 radical (unpaired) electrons. The largest absolute Gasteiger partial charge is 0.361 e. The Hall–Kier alpha value is -1.09. The molecular formula is C14H18N2S. The third kappa shape index (κ3) is 2.16. The average molecular weight is 246 g/mol. The monoisotopic (exact) mass is 246 g/mol. The van der Waals surface area contributed by atoms with E-state index in [1.165, 1.54) is 16.7 Å². The van der Waals surface area contributed by atoms with Crippen LogP contribution >= 0.6 is 11.3 Å². The van der Waals surface area contributed by atoms with Crippen molar-refractivity contribution in [1.82, 2.24) is 4.98 Å². The van der Waals surface area contributed by atoms with Crippen molar-refractivity contribution >= 4 is 26.7 Å². The molecule has 1 aromatic heterocycles. The molecule has 1 aromatic carbocycles. The molecule has 1 heterocycles. The number of thiazole rings is 1. The van der Waals surface area contributed by atoms with Crippen LogP contribution < -0.4 is 5.32 Å². The van der Waals surface area contributed by atoms with Crippen molar-refractivity contribution in [2.45, 2.75) is 27.2 Å². The molecule has 90 valence electrons. The summed E-state index contributed by atoms with van der Waals surface area (Å²) in [6.07, 6.45) is 1.34. The molecule has 1 fully saturated rings. The summed E-state index contributed by atoms with van der Waals surface area (Å²) < 4.78 is 1.28. The Morgan fingerprint density at radius 3 is 2.94 bits per heavy atom. The Kier molecular flexibility index (Phi) is 2.40. The van der Waals surface area contributed by atoms with Crippen LogP contribution in [0.3, 0.4) is 0 Å². The van der Waals surface area contributed by atoms with Gasteiger partial charge in [0.15, 0.2) is 5.13 Å². The number of rotatable bonds is 3. The van der Waals surface area contributed by atoms with Crippen molar-refractivity contribution in [3.05, 3.63) is 23.8 Å². The van der Waals surface area contributed by atoms with Gasteiger partial charge in [0.05, 0.1) is 10.2 Å². The Bertz CT molecular complexity index is 556. The van der Waals surface area contributed by atoms with Crippen LogP contribution in [0.25, 0.3) is 10.2 Å². The molecule has 0 bridgehead atoms. The minimum Gasteiger partial charge on any atom is -0.361 e. The molecule has 0 amide bonds. The van der Waals surface area contributed by atoms with Crippen molar-refractivity contribution in [2.24, 2.45) is 11.3 Å². The molecule has 1 atom stereocenters. The van der Waals surface area contributed by atoms with Gasteiger partial charge in [-0.15, -0.1) is 0 Å². The molecule has 1 aliphatic carbocycles. The van der Waals surface area contributed by atoms with Gasteiger partial charge in [0, 0.05) is 6.54 Å². The lowest BCUT2D eigenvalue weighted by atomic mass is 10.1. The van der Waals surface area contributed by atoms with E-state index in [2.05, 4.69) is 49.3 Å². The van der Waals surface area contributed by atoms with E-state index in [4.69, 9.17) is 0 Å². The Morgan fingerprint density at radius 2 is 2.24 bits per heavy atom. The maximum atomic E-state index is 4.61. The van der Waals surface area contributed by atoms with E-state index in [0.29, 0.717) is 5.41 Å². The number of anilines is 1. The number of nitrogens with zero attached hydrogens (tertiary/aromatic N) is 1. The normalized spacial score (nSPS) is 21.7. The van der Waals surface area contributed by atoms with E-state index in [0.717, 1.165) is 23.1 Å². The van der Waals surface area contributed by atoms with Gasteiger partial charge in [0.25, 0.3) is 0 Å². The minimum absolute atomic E-state index is 0.542. The number of benzene rings is 1. The SMILES string of the molecule is Cc1ccc2nc(NCC3CC3(C)C)sc2c1. The molecule has 1 unspecified atom stereocenters. The molecule has 17 heavy (non-hydrogen) atoms. The maximum absolute atomic E-state index is 4.61. The molecule has 2 aromatic rings. The van der Waals surface area contributed by atoms with Crippen LogP contribution in [0.5, 0.6) is 0 Å². The van der Waals surface area contributed by atoms with Gasteiger partial charge in [-0.25, -0.2) is 4.98 Å². The van der Waals surface area contributed by atoms with E-state index < -0.39 is 0 Å². The van der Waals surface area contributed by atoms with E-state index in [1.54, 1.807) is 11.3 Å². The fourth-order valence-corrected chi connectivity index (χ4v) is 3.21. The summed E-state index contributed by atoms with van der Waals surface area (Å²) in [6.45, 7) is 7.85. The Morgan fingerprint density at radius 1 is 1.47 bits per heavy atom. The molecule has 2 nitrogen and oxygen atoms in total. The number of fused-ring (bicyclic) bond motifs is 1. The lowest BCUT2D eigenvalue weighted by molar-refractivity contribution is 0.573. The number of aryl methyl sites for hydroxylation is 1. The summed E-state index contributed by atoms with van der Waals surface area (Å²) >= 11 is 1.76. The highest BCUT2D eigenvalue weighted by molar-refractivity contribution is 7.22. The first kappa shape index (κ1) is 11.0. The van der Waals surface area contributed by atoms with Gasteiger partial charge in [-0.1, -0.05) is 31.3 Å². The quantitative estimate of drug-likeness (QED) is 0.883. The Balaban J connectivity index is 1.73. The third-order valence-corrected chi connectivity index (χ3v) is 4.74. The number of nitrogens with one attached hydrogen (secondary N) is 1. The predicted octanol–water partition coefficient (Wildman–Crippen LogP) is 4.06. The minimum atomic E-state index is 0.542. The maximum Gasteiger partial charge on any atom is 0.183 e. The summed E-state index contributed by atoms with van der Waals surface area (Å²) in [6, 6.07) is 6.43. The molecule has 0 aliphatic heterocycles. The van der Waals surface area contributed by atoms with Crippen molar-refractivity contribution in [3.63, 3.8) is 0 Å². The number of hydrogen-bond donors (Lipinski definition) is 1. The highest BCUT2D eigenvalue weighted by Crippen LogP contribution is 2.51. The van der Waals surface area contributed by atoms with Crippen molar-refractivity contribution in [3.8, 4) is 0 Å². The van der Waals surface area contributed by atoms with Crippen LogP contribution in [0.15, 0.2) is 18.2 Å². The van der Waals surface area contributed by atoms with E-state index in [-0.39, 0.29) is 0 Å². The summed E-state index contributed by atoms with van der Waals surface area (Å²) in [5.74, 6) is 0.816. The second kappa shape index (κ2) is 3.70. The van der Waals surface area contributed by atoms with Crippen LogP contribution in [-0.4, -0.2) is 11.5 Å². The number of hydrogen-bond acceptors (Lipinski definition) is 3. The van der Waals surface area contributed by atoms with Gasteiger partial charge >= 0.3 is 0 Å². The topological polar surface area (TPSA) is 24.9 Å². The van der Waals surface area contributed by atoms with Gasteiger partial charge in [-0.3, -0.25) is 0 Å². The molecule has 1 aliphatic rings. The zero-order valence-electron chi connectivity index (χ0n) is 10.6. The zero-order chi connectivity index (χ0) is 12.0. The first-order valence-corrected chi connectivity index (χ1v) is 6.97. The van der Waals surface area contributed by atoms with Crippen LogP contribution in [0, 0.1) is 18.3 Å². The van der Waals surface area contributed by atoms with Gasteiger partial charge in [-0.2, -0.15) is 0 Å². The summed E-state index contributed by atoms with van der Waals surface area (Å²) in [5, 5.41) is 4.54. The highest BCUT2D eigenvalue weighted by Gasteiger charge is 2.45. The van der Waals surface area contributed by atoms with Crippen LogP contribution in [0.4, 0.5) is 5.13 Å².